The van der Waals surface area contributed by atoms with Gasteiger partial charge in [-0.05, 0) is 49.9 Å². The highest BCUT2D eigenvalue weighted by molar-refractivity contribution is 6.35. The lowest BCUT2D eigenvalue weighted by atomic mass is 10.2. The van der Waals surface area contributed by atoms with Gasteiger partial charge in [0.2, 0.25) is 5.95 Å². The van der Waals surface area contributed by atoms with Gasteiger partial charge in [-0.25, -0.2) is 0 Å². The fraction of sp³-hybridized carbons (Fsp3) is 0.346. The Morgan fingerprint density at radius 1 is 0.914 bits per heavy atom. The smallest absolute Gasteiger partial charge is 0.229 e. The third-order valence-electron chi connectivity index (χ3n) is 6.22. The van der Waals surface area contributed by atoms with Crippen LogP contribution in [0.2, 0.25) is 10.0 Å². The Bertz CT molecular complexity index is 1160. The molecule has 0 spiro atoms. The van der Waals surface area contributed by atoms with Crippen LogP contribution in [0.3, 0.4) is 0 Å². The average molecular weight is 511 g/mol. The van der Waals surface area contributed by atoms with Crippen molar-refractivity contribution in [2.24, 2.45) is 5.10 Å². The van der Waals surface area contributed by atoms with Crippen molar-refractivity contribution in [3.63, 3.8) is 0 Å². The van der Waals surface area contributed by atoms with Crippen molar-refractivity contribution >= 4 is 47.0 Å². The third-order valence-corrected chi connectivity index (χ3v) is 6.81. The Hall–Kier alpha value is -3.03. The van der Waals surface area contributed by atoms with Gasteiger partial charge in [-0.3, -0.25) is 5.43 Å². The van der Waals surface area contributed by atoms with Crippen molar-refractivity contribution in [2.45, 2.75) is 32.3 Å². The number of aromatic nitrogens is 2. The van der Waals surface area contributed by atoms with Crippen LogP contribution >= 0.6 is 23.2 Å². The van der Waals surface area contributed by atoms with E-state index >= 15 is 0 Å². The molecule has 0 aliphatic carbocycles. The number of halogens is 2. The molecule has 0 atom stereocenters. The van der Waals surface area contributed by atoms with Crippen LogP contribution in [0.25, 0.3) is 0 Å². The highest BCUT2D eigenvalue weighted by Crippen LogP contribution is 2.26. The van der Waals surface area contributed by atoms with Crippen molar-refractivity contribution in [2.75, 3.05) is 41.4 Å². The maximum absolute atomic E-state index is 6.29. The molecule has 2 fully saturated rings. The number of nitrogens with zero attached hydrogens (tertiary/aromatic N) is 5. The topological polar surface area (TPSA) is 65.9 Å². The fourth-order valence-electron chi connectivity index (χ4n) is 4.33. The number of para-hydroxylation sites is 1. The predicted octanol–water partition coefficient (Wildman–Crippen LogP) is 6.01. The molecule has 9 heteroatoms. The minimum absolute atomic E-state index is 0.332. The first-order chi connectivity index (χ1) is 17.2. The lowest BCUT2D eigenvalue weighted by Gasteiger charge is -2.21. The van der Waals surface area contributed by atoms with Crippen molar-refractivity contribution in [1.82, 2.24) is 9.97 Å². The maximum Gasteiger partial charge on any atom is 0.229 e. The van der Waals surface area contributed by atoms with Crippen LogP contribution in [0.5, 0.6) is 5.75 Å². The molecule has 5 rings (SSSR count). The van der Waals surface area contributed by atoms with Gasteiger partial charge in [0, 0.05) is 53.4 Å². The average Bonchev–Trinajstić information content (AvgIpc) is 3.59. The molecule has 182 valence electrons. The molecule has 3 aromatic rings. The van der Waals surface area contributed by atoms with Crippen molar-refractivity contribution < 1.29 is 4.74 Å². The molecule has 35 heavy (non-hydrogen) atoms. The second-order valence-corrected chi connectivity index (χ2v) is 9.58. The molecule has 1 N–H and O–H groups in total. The zero-order chi connectivity index (χ0) is 24.0. The van der Waals surface area contributed by atoms with Crippen molar-refractivity contribution in [1.29, 1.82) is 0 Å². The van der Waals surface area contributed by atoms with Crippen LogP contribution in [0.15, 0.2) is 53.6 Å². The van der Waals surface area contributed by atoms with Gasteiger partial charge in [-0.2, -0.15) is 15.1 Å². The van der Waals surface area contributed by atoms with Crippen LogP contribution in [-0.4, -0.2) is 42.4 Å². The van der Waals surface area contributed by atoms with E-state index in [1.54, 1.807) is 18.3 Å². The number of hydrogen-bond donors (Lipinski definition) is 1. The number of benzene rings is 2. The summed E-state index contributed by atoms with van der Waals surface area (Å²) >= 11 is 12.3. The number of anilines is 3. The summed E-state index contributed by atoms with van der Waals surface area (Å²) in [6.07, 6.45) is 6.49. The van der Waals surface area contributed by atoms with Gasteiger partial charge in [0.15, 0.2) is 5.82 Å². The zero-order valence-electron chi connectivity index (χ0n) is 19.5. The molecule has 3 heterocycles. The SMILES string of the molecule is Clc1ccc(COc2ccccc2/C=N\Nc2cc(N3CCCC3)nc(N3CCCC3)n2)c(Cl)c1. The molecule has 7 nitrogen and oxygen atoms in total. The molecule has 0 bridgehead atoms. The van der Waals surface area contributed by atoms with Gasteiger partial charge >= 0.3 is 0 Å². The van der Waals surface area contributed by atoms with Gasteiger partial charge in [0.25, 0.3) is 0 Å². The summed E-state index contributed by atoms with van der Waals surface area (Å²) < 4.78 is 6.03. The molecule has 0 amide bonds. The van der Waals surface area contributed by atoms with Gasteiger partial charge in [-0.15, -0.1) is 0 Å². The standard InChI is InChI=1S/C26H28Cl2N6O/c27-21-10-9-20(22(28)15-21)18-35-23-8-2-1-7-19(23)17-29-32-24-16-25(33-11-3-4-12-33)31-26(30-24)34-13-5-6-14-34/h1-2,7-10,15-17H,3-6,11-14,18H2,(H,30,31,32)/b29-17-. The zero-order valence-corrected chi connectivity index (χ0v) is 21.0. The maximum atomic E-state index is 6.29. The third kappa shape index (κ3) is 5.97. The Morgan fingerprint density at radius 3 is 2.43 bits per heavy atom. The normalized spacial score (nSPS) is 15.8. The van der Waals surface area contributed by atoms with Gasteiger partial charge in [0.1, 0.15) is 18.2 Å². The summed E-state index contributed by atoms with van der Waals surface area (Å²) in [5, 5.41) is 5.65. The Morgan fingerprint density at radius 2 is 1.66 bits per heavy atom. The minimum atomic E-state index is 0.332. The van der Waals surface area contributed by atoms with Gasteiger partial charge in [0.05, 0.1) is 6.21 Å². The molecule has 2 aliphatic rings. The largest absolute Gasteiger partial charge is 0.488 e. The highest BCUT2D eigenvalue weighted by atomic mass is 35.5. The lowest BCUT2D eigenvalue weighted by Crippen LogP contribution is -2.24. The summed E-state index contributed by atoms with van der Waals surface area (Å²) in [4.78, 5) is 14.2. The van der Waals surface area contributed by atoms with Gasteiger partial charge < -0.3 is 14.5 Å². The molecule has 0 unspecified atom stereocenters. The number of nitrogens with one attached hydrogen (secondary N) is 1. The first-order valence-electron chi connectivity index (χ1n) is 12.0. The number of rotatable bonds is 8. The van der Waals surface area contributed by atoms with Crippen LogP contribution in [0.1, 0.15) is 36.8 Å². The van der Waals surface area contributed by atoms with Crippen LogP contribution in [0, 0.1) is 0 Å². The lowest BCUT2D eigenvalue weighted by molar-refractivity contribution is 0.306. The van der Waals surface area contributed by atoms with E-state index < -0.39 is 0 Å². The summed E-state index contributed by atoms with van der Waals surface area (Å²) in [5.74, 6) is 3.13. The summed E-state index contributed by atoms with van der Waals surface area (Å²) in [6, 6.07) is 15.1. The molecule has 0 saturated carbocycles. The van der Waals surface area contributed by atoms with E-state index in [1.807, 2.05) is 36.4 Å². The van der Waals surface area contributed by atoms with Crippen LogP contribution < -0.4 is 20.0 Å². The van der Waals surface area contributed by atoms with E-state index in [2.05, 4.69) is 20.3 Å². The second kappa shape index (κ2) is 11.1. The monoisotopic (exact) mass is 510 g/mol. The first-order valence-corrected chi connectivity index (χ1v) is 12.8. The molecule has 0 radical (unpaired) electrons. The van der Waals surface area contributed by atoms with Crippen molar-refractivity contribution in [3.8, 4) is 5.75 Å². The number of ether oxygens (including phenoxy) is 1. The van der Waals surface area contributed by atoms with E-state index in [0.29, 0.717) is 28.2 Å². The fourth-order valence-corrected chi connectivity index (χ4v) is 4.79. The number of hydrogen-bond acceptors (Lipinski definition) is 7. The molecule has 2 aliphatic heterocycles. The first kappa shape index (κ1) is 23.7. The van der Waals surface area contributed by atoms with E-state index in [1.165, 1.54) is 25.7 Å². The Kier molecular flexibility index (Phi) is 7.54. The molecule has 1 aromatic heterocycles. The van der Waals surface area contributed by atoms with Crippen LogP contribution in [-0.2, 0) is 6.61 Å². The summed E-state index contributed by atoms with van der Waals surface area (Å²) in [6.45, 7) is 4.38. The van der Waals surface area contributed by atoms with Crippen LogP contribution in [0.4, 0.5) is 17.6 Å². The van der Waals surface area contributed by atoms with Crippen molar-refractivity contribution in [3.05, 3.63) is 69.7 Å². The summed E-state index contributed by atoms with van der Waals surface area (Å²) in [5.41, 5.74) is 4.82. The van der Waals surface area contributed by atoms with E-state index in [0.717, 1.165) is 49.1 Å². The number of hydrazone groups is 1. The molecular weight excluding hydrogens is 483 g/mol. The molecular formula is C26H28Cl2N6O. The Balaban J connectivity index is 1.30. The molecule has 2 aromatic carbocycles. The van der Waals surface area contributed by atoms with E-state index in [-0.39, 0.29) is 0 Å². The second-order valence-electron chi connectivity index (χ2n) is 8.73. The molecule has 2 saturated heterocycles. The predicted molar refractivity (Wildman–Crippen MR) is 143 cm³/mol. The Labute approximate surface area is 215 Å². The summed E-state index contributed by atoms with van der Waals surface area (Å²) in [7, 11) is 0. The van der Waals surface area contributed by atoms with E-state index in [4.69, 9.17) is 37.9 Å². The minimum Gasteiger partial charge on any atom is -0.488 e. The van der Waals surface area contributed by atoms with Gasteiger partial charge in [-0.1, -0.05) is 41.4 Å². The van der Waals surface area contributed by atoms with E-state index in [9.17, 15) is 0 Å². The highest BCUT2D eigenvalue weighted by Gasteiger charge is 2.20. The quantitative estimate of drug-likeness (QED) is 0.295.